The van der Waals surface area contributed by atoms with Gasteiger partial charge in [-0.15, -0.1) is 0 Å². The summed E-state index contributed by atoms with van der Waals surface area (Å²) in [6, 6.07) is 26.6. The van der Waals surface area contributed by atoms with Crippen molar-refractivity contribution in [2.24, 2.45) is 0 Å². The molecule has 0 bridgehead atoms. The van der Waals surface area contributed by atoms with Crippen molar-refractivity contribution in [3.8, 4) is 16.9 Å². The lowest BCUT2D eigenvalue weighted by molar-refractivity contribution is -0.143. The Labute approximate surface area is 225 Å². The molecule has 0 aliphatic rings. The predicted octanol–water partition coefficient (Wildman–Crippen LogP) is 6.47. The SMILES string of the molecule is CC(Sc1nc(-c2cc3ccccc3oc2=O)cn1-c1ccc(I)cc1)C(=O)OCc1ccccc1. The van der Waals surface area contributed by atoms with E-state index in [4.69, 9.17) is 14.1 Å². The Morgan fingerprint density at radius 1 is 1.06 bits per heavy atom. The van der Waals surface area contributed by atoms with Crippen LogP contribution in [-0.2, 0) is 16.1 Å². The number of esters is 1. The first kappa shape index (κ1) is 24.3. The van der Waals surface area contributed by atoms with Gasteiger partial charge in [0.05, 0.1) is 11.3 Å². The van der Waals surface area contributed by atoms with E-state index in [-0.39, 0.29) is 12.6 Å². The van der Waals surface area contributed by atoms with Crippen LogP contribution in [-0.4, -0.2) is 20.8 Å². The molecule has 0 amide bonds. The second-order valence-corrected chi connectivity index (χ2v) is 10.6. The molecule has 2 aromatic heterocycles. The Balaban J connectivity index is 1.47. The molecule has 2 heterocycles. The Kier molecular flexibility index (Phi) is 7.24. The topological polar surface area (TPSA) is 74.3 Å². The zero-order valence-corrected chi connectivity index (χ0v) is 22.2. The zero-order chi connectivity index (χ0) is 25.1. The molecule has 0 aliphatic carbocycles. The third kappa shape index (κ3) is 5.39. The monoisotopic (exact) mass is 608 g/mol. The summed E-state index contributed by atoms with van der Waals surface area (Å²) in [5.74, 6) is -0.340. The summed E-state index contributed by atoms with van der Waals surface area (Å²) >= 11 is 3.53. The van der Waals surface area contributed by atoms with Crippen LogP contribution in [0.5, 0.6) is 0 Å². The van der Waals surface area contributed by atoms with Gasteiger partial charge in [0.15, 0.2) is 5.16 Å². The molecule has 6 nitrogen and oxygen atoms in total. The maximum absolute atomic E-state index is 12.8. The Morgan fingerprint density at radius 3 is 2.56 bits per heavy atom. The number of benzene rings is 3. The minimum atomic E-state index is -0.514. The minimum absolute atomic E-state index is 0.208. The lowest BCUT2D eigenvalue weighted by atomic mass is 10.1. The number of halogens is 1. The lowest BCUT2D eigenvalue weighted by Gasteiger charge is -2.12. The molecule has 0 aliphatic heterocycles. The van der Waals surface area contributed by atoms with Crippen molar-refractivity contribution in [1.29, 1.82) is 0 Å². The predicted molar refractivity (Wildman–Crippen MR) is 149 cm³/mol. The molecule has 0 radical (unpaired) electrons. The summed E-state index contributed by atoms with van der Waals surface area (Å²) in [6.07, 6.45) is 1.80. The van der Waals surface area contributed by atoms with Crippen molar-refractivity contribution in [2.75, 3.05) is 0 Å². The largest absolute Gasteiger partial charge is 0.460 e. The fourth-order valence-electron chi connectivity index (χ4n) is 3.66. The van der Waals surface area contributed by atoms with Gasteiger partial charge in [0.1, 0.15) is 17.4 Å². The standard InChI is InChI=1S/C28H21IN2O4S/c1-18(26(32)34-17-19-7-3-2-4-8-19)36-28-30-24(16-31(28)22-13-11-21(29)12-14-22)23-15-20-9-5-6-10-25(20)35-27(23)33/h2-16,18H,17H2,1H3. The Hall–Kier alpha value is -3.37. The highest BCUT2D eigenvalue weighted by atomic mass is 127. The Morgan fingerprint density at radius 2 is 1.78 bits per heavy atom. The number of nitrogens with zero attached hydrogens (tertiary/aromatic N) is 2. The van der Waals surface area contributed by atoms with E-state index in [2.05, 4.69) is 22.6 Å². The molecule has 1 atom stereocenters. The molecule has 0 saturated carbocycles. The second-order valence-electron chi connectivity index (χ2n) is 8.09. The van der Waals surface area contributed by atoms with E-state index < -0.39 is 10.9 Å². The van der Waals surface area contributed by atoms with E-state index in [0.29, 0.717) is 22.0 Å². The average molecular weight is 608 g/mol. The number of aromatic nitrogens is 2. The van der Waals surface area contributed by atoms with Crippen molar-refractivity contribution >= 4 is 51.3 Å². The van der Waals surface area contributed by atoms with Crippen molar-refractivity contribution in [1.82, 2.24) is 9.55 Å². The van der Waals surface area contributed by atoms with Gasteiger partial charge < -0.3 is 9.15 Å². The van der Waals surface area contributed by atoms with Crippen LogP contribution in [0.2, 0.25) is 0 Å². The number of fused-ring (bicyclic) bond motifs is 1. The zero-order valence-electron chi connectivity index (χ0n) is 19.3. The van der Waals surface area contributed by atoms with Crippen molar-refractivity contribution in [3.05, 3.63) is 111 Å². The van der Waals surface area contributed by atoms with Crippen molar-refractivity contribution in [3.63, 3.8) is 0 Å². The van der Waals surface area contributed by atoms with E-state index >= 15 is 0 Å². The summed E-state index contributed by atoms with van der Waals surface area (Å²) in [5.41, 5.74) is 2.68. The molecule has 0 fully saturated rings. The van der Waals surface area contributed by atoms with Gasteiger partial charge >= 0.3 is 11.6 Å². The number of rotatable bonds is 7. The Bertz CT molecular complexity index is 1580. The van der Waals surface area contributed by atoms with Crippen LogP contribution in [0.1, 0.15) is 12.5 Å². The van der Waals surface area contributed by atoms with E-state index in [1.54, 1.807) is 25.3 Å². The van der Waals surface area contributed by atoms with Crippen LogP contribution in [0.15, 0.2) is 105 Å². The molecule has 5 aromatic rings. The van der Waals surface area contributed by atoms with Gasteiger partial charge in [-0.25, -0.2) is 9.78 Å². The first-order valence-electron chi connectivity index (χ1n) is 11.2. The highest BCUT2D eigenvalue weighted by Crippen LogP contribution is 2.30. The highest BCUT2D eigenvalue weighted by molar-refractivity contribution is 14.1. The van der Waals surface area contributed by atoms with Gasteiger partial charge in [0.2, 0.25) is 0 Å². The summed E-state index contributed by atoms with van der Waals surface area (Å²) in [5, 5.41) is 0.866. The molecular formula is C28H21IN2O4S. The van der Waals surface area contributed by atoms with Crippen LogP contribution in [0.3, 0.4) is 0 Å². The van der Waals surface area contributed by atoms with Gasteiger partial charge in [-0.3, -0.25) is 9.36 Å². The summed E-state index contributed by atoms with van der Waals surface area (Å²) in [7, 11) is 0. The molecule has 1 unspecified atom stereocenters. The third-order valence-electron chi connectivity index (χ3n) is 5.53. The maximum atomic E-state index is 12.8. The van der Waals surface area contributed by atoms with E-state index in [1.807, 2.05) is 77.4 Å². The van der Waals surface area contributed by atoms with Gasteiger partial charge in [-0.05, 0) is 71.5 Å². The number of carbonyl (C=O) groups is 1. The van der Waals surface area contributed by atoms with Crippen LogP contribution >= 0.6 is 34.4 Å². The molecule has 0 N–H and O–H groups in total. The quantitative estimate of drug-likeness (QED) is 0.0913. The first-order valence-corrected chi connectivity index (χ1v) is 13.2. The lowest BCUT2D eigenvalue weighted by Crippen LogP contribution is -2.17. The van der Waals surface area contributed by atoms with Crippen LogP contribution in [0.4, 0.5) is 0 Å². The molecule has 0 spiro atoms. The van der Waals surface area contributed by atoms with Gasteiger partial charge in [-0.2, -0.15) is 0 Å². The van der Waals surface area contributed by atoms with Gasteiger partial charge in [0, 0.05) is 20.8 Å². The second kappa shape index (κ2) is 10.7. The molecule has 8 heteroatoms. The van der Waals surface area contributed by atoms with E-state index in [1.165, 1.54) is 11.8 Å². The molecular weight excluding hydrogens is 587 g/mol. The van der Waals surface area contributed by atoms with Crippen LogP contribution < -0.4 is 5.63 Å². The van der Waals surface area contributed by atoms with Crippen molar-refractivity contribution in [2.45, 2.75) is 23.9 Å². The van der Waals surface area contributed by atoms with E-state index in [9.17, 15) is 9.59 Å². The average Bonchev–Trinajstić information content (AvgIpc) is 3.31. The number of hydrogen-bond donors (Lipinski definition) is 0. The summed E-state index contributed by atoms with van der Waals surface area (Å²) in [4.78, 5) is 30.3. The molecule has 36 heavy (non-hydrogen) atoms. The summed E-state index contributed by atoms with van der Waals surface area (Å²) in [6.45, 7) is 1.99. The number of imidazole rings is 1. The van der Waals surface area contributed by atoms with Crippen molar-refractivity contribution < 1.29 is 13.9 Å². The van der Waals surface area contributed by atoms with E-state index in [0.717, 1.165) is 20.2 Å². The maximum Gasteiger partial charge on any atom is 0.345 e. The van der Waals surface area contributed by atoms with Gasteiger partial charge in [-0.1, -0.05) is 60.3 Å². The number of thioether (sulfide) groups is 1. The van der Waals surface area contributed by atoms with Crippen LogP contribution in [0.25, 0.3) is 27.9 Å². The molecule has 0 saturated heterocycles. The highest BCUT2D eigenvalue weighted by Gasteiger charge is 2.22. The fourth-order valence-corrected chi connectivity index (χ4v) is 4.92. The normalized spacial score (nSPS) is 11.9. The smallest absolute Gasteiger partial charge is 0.345 e. The summed E-state index contributed by atoms with van der Waals surface area (Å²) < 4.78 is 14.0. The third-order valence-corrected chi connectivity index (χ3v) is 7.30. The van der Waals surface area contributed by atoms with Gasteiger partial charge in [0.25, 0.3) is 0 Å². The number of ether oxygens (including phenoxy) is 1. The molecule has 180 valence electrons. The number of hydrogen-bond acceptors (Lipinski definition) is 6. The fraction of sp³-hybridized carbons (Fsp3) is 0.107. The molecule has 3 aromatic carbocycles. The first-order chi connectivity index (χ1) is 17.5. The minimum Gasteiger partial charge on any atom is -0.460 e. The number of para-hydroxylation sites is 1. The van der Waals surface area contributed by atoms with Crippen LogP contribution in [0, 0.1) is 3.57 Å². The molecule has 5 rings (SSSR count). The number of carbonyl (C=O) groups excluding carboxylic acids is 1.